The molecule has 1 aliphatic heterocycles. The molecule has 146 valence electrons. The molecule has 0 unspecified atom stereocenters. The van der Waals surface area contributed by atoms with Crippen molar-refractivity contribution in [2.24, 2.45) is 23.2 Å². The van der Waals surface area contributed by atoms with Gasteiger partial charge >= 0.3 is 11.9 Å². The Morgan fingerprint density at radius 3 is 2.56 bits per heavy atom. The molecule has 1 aromatic carbocycles. The zero-order chi connectivity index (χ0) is 19.8. The Morgan fingerprint density at radius 1 is 1.19 bits per heavy atom. The zero-order valence-corrected chi connectivity index (χ0v) is 16.7. The van der Waals surface area contributed by atoms with Crippen LogP contribution in [0.2, 0.25) is 0 Å². The Bertz CT molecular complexity index is 768. The van der Waals surface area contributed by atoms with Crippen LogP contribution in [0.3, 0.4) is 0 Å². The highest BCUT2D eigenvalue weighted by molar-refractivity contribution is 5.70. The molecular weight excluding hydrogens is 344 g/mol. The summed E-state index contributed by atoms with van der Waals surface area (Å²) in [7, 11) is 0. The SMILES string of the molecule is CC(=O)OC[C@@]12CO[C@H](c3ccccc3OC(C)=O)[C@@H](C(C)=C[C@H]1C)[C@@H]2C. The van der Waals surface area contributed by atoms with E-state index in [1.54, 1.807) is 6.07 Å². The maximum absolute atomic E-state index is 11.5. The van der Waals surface area contributed by atoms with E-state index in [1.807, 2.05) is 18.2 Å². The number of ether oxygens (including phenoxy) is 3. The number of fused-ring (bicyclic) bond motifs is 2. The third-order valence-corrected chi connectivity index (χ3v) is 6.27. The van der Waals surface area contributed by atoms with Gasteiger partial charge in [0.1, 0.15) is 5.75 Å². The van der Waals surface area contributed by atoms with Gasteiger partial charge in [0, 0.05) is 30.7 Å². The first-order valence-corrected chi connectivity index (χ1v) is 9.47. The Labute approximate surface area is 160 Å². The lowest BCUT2D eigenvalue weighted by atomic mass is 9.56. The summed E-state index contributed by atoms with van der Waals surface area (Å²) in [4.78, 5) is 22.9. The second-order valence-corrected chi connectivity index (χ2v) is 7.89. The topological polar surface area (TPSA) is 61.8 Å². The van der Waals surface area contributed by atoms with Crippen LogP contribution < -0.4 is 4.74 Å². The van der Waals surface area contributed by atoms with E-state index in [-0.39, 0.29) is 41.2 Å². The lowest BCUT2D eigenvalue weighted by molar-refractivity contribution is -0.180. The van der Waals surface area contributed by atoms with Gasteiger partial charge in [-0.25, -0.2) is 0 Å². The van der Waals surface area contributed by atoms with E-state index in [9.17, 15) is 9.59 Å². The first-order valence-electron chi connectivity index (χ1n) is 9.47. The molecule has 1 fully saturated rings. The average Bonchev–Trinajstić information content (AvgIpc) is 2.59. The molecule has 0 saturated carbocycles. The molecule has 1 aliphatic carbocycles. The molecular formula is C22H28O5. The van der Waals surface area contributed by atoms with E-state index in [1.165, 1.54) is 19.4 Å². The highest BCUT2D eigenvalue weighted by Gasteiger charge is 2.54. The number of hydrogen-bond donors (Lipinski definition) is 0. The van der Waals surface area contributed by atoms with Crippen LogP contribution in [0, 0.1) is 23.2 Å². The van der Waals surface area contributed by atoms with Crippen LogP contribution in [0.15, 0.2) is 35.9 Å². The number of carbonyl (C=O) groups is 2. The maximum atomic E-state index is 11.5. The lowest BCUT2D eigenvalue weighted by Crippen LogP contribution is -2.54. The van der Waals surface area contributed by atoms with Crippen LogP contribution in [0.5, 0.6) is 5.75 Å². The van der Waals surface area contributed by atoms with Gasteiger partial charge in [0.15, 0.2) is 0 Å². The third-order valence-electron chi connectivity index (χ3n) is 6.27. The minimum absolute atomic E-state index is 0.127. The molecule has 27 heavy (non-hydrogen) atoms. The summed E-state index contributed by atoms with van der Waals surface area (Å²) in [6.07, 6.45) is 2.07. The average molecular weight is 372 g/mol. The van der Waals surface area contributed by atoms with Crippen LogP contribution in [0.1, 0.15) is 46.3 Å². The van der Waals surface area contributed by atoms with Gasteiger partial charge in [0.25, 0.3) is 0 Å². The summed E-state index contributed by atoms with van der Waals surface area (Å²) in [6, 6.07) is 7.54. The van der Waals surface area contributed by atoms with Crippen LogP contribution in [0.4, 0.5) is 0 Å². The van der Waals surface area contributed by atoms with Crippen LogP contribution in [-0.4, -0.2) is 25.2 Å². The van der Waals surface area contributed by atoms with Crippen molar-refractivity contribution in [2.75, 3.05) is 13.2 Å². The number of hydrogen-bond acceptors (Lipinski definition) is 5. The molecule has 1 heterocycles. The van der Waals surface area contributed by atoms with Crippen molar-refractivity contribution in [3.8, 4) is 5.75 Å². The van der Waals surface area contributed by atoms with Crippen LogP contribution in [0.25, 0.3) is 0 Å². The summed E-state index contributed by atoms with van der Waals surface area (Å²) in [6.45, 7) is 10.2. The standard InChI is InChI=1S/C22H28O5/c1-13-10-14(2)22(11-25-16(4)23)12-26-21(20(13)15(22)3)18-8-6-7-9-19(18)27-17(5)24/h6-10,14-15,20-21H,11-12H2,1-5H3/t14-,15+,20+,21-,22-/m1/s1. The van der Waals surface area contributed by atoms with Crippen molar-refractivity contribution in [1.82, 2.24) is 0 Å². The molecule has 0 spiro atoms. The summed E-state index contributed by atoms with van der Waals surface area (Å²) >= 11 is 0. The van der Waals surface area contributed by atoms with Crippen molar-refractivity contribution in [3.63, 3.8) is 0 Å². The Hall–Kier alpha value is -2.14. The number of rotatable bonds is 4. The molecule has 5 nitrogen and oxygen atoms in total. The van der Waals surface area contributed by atoms with E-state index in [4.69, 9.17) is 14.2 Å². The monoisotopic (exact) mass is 372 g/mol. The molecule has 0 N–H and O–H groups in total. The normalized spacial score (nSPS) is 32.4. The van der Waals surface area contributed by atoms with Crippen LogP contribution in [-0.2, 0) is 19.1 Å². The first-order chi connectivity index (χ1) is 12.8. The highest BCUT2D eigenvalue weighted by Crippen LogP contribution is 2.57. The minimum atomic E-state index is -0.347. The number of para-hydroxylation sites is 1. The van der Waals surface area contributed by atoms with Gasteiger partial charge in [0.05, 0.1) is 19.3 Å². The van der Waals surface area contributed by atoms with E-state index in [0.29, 0.717) is 19.0 Å². The minimum Gasteiger partial charge on any atom is -0.465 e. The third kappa shape index (κ3) is 3.53. The van der Waals surface area contributed by atoms with Gasteiger partial charge in [-0.05, 0) is 24.8 Å². The van der Waals surface area contributed by atoms with E-state index in [0.717, 1.165) is 5.56 Å². The van der Waals surface area contributed by atoms with Crippen molar-refractivity contribution >= 4 is 11.9 Å². The molecule has 0 aromatic heterocycles. The molecule has 5 heteroatoms. The number of benzene rings is 1. The quantitative estimate of drug-likeness (QED) is 0.453. The van der Waals surface area contributed by atoms with Crippen molar-refractivity contribution < 1.29 is 23.8 Å². The Balaban J connectivity index is 1.98. The molecule has 2 aliphatic rings. The Morgan fingerprint density at radius 2 is 1.89 bits per heavy atom. The maximum Gasteiger partial charge on any atom is 0.308 e. The van der Waals surface area contributed by atoms with Gasteiger partial charge < -0.3 is 14.2 Å². The number of esters is 2. The van der Waals surface area contributed by atoms with E-state index >= 15 is 0 Å². The smallest absolute Gasteiger partial charge is 0.308 e. The summed E-state index contributed by atoms with van der Waals surface area (Å²) < 4.78 is 17.2. The van der Waals surface area contributed by atoms with Crippen molar-refractivity contribution in [3.05, 3.63) is 41.5 Å². The van der Waals surface area contributed by atoms with Gasteiger partial charge in [-0.2, -0.15) is 0 Å². The van der Waals surface area contributed by atoms with E-state index in [2.05, 4.69) is 26.8 Å². The van der Waals surface area contributed by atoms with E-state index < -0.39 is 0 Å². The second-order valence-electron chi connectivity index (χ2n) is 7.89. The summed E-state index contributed by atoms with van der Waals surface area (Å²) in [5.41, 5.74) is 1.90. The molecule has 1 saturated heterocycles. The first kappa shape index (κ1) is 19.6. The molecule has 0 amide bonds. The van der Waals surface area contributed by atoms with Gasteiger partial charge in [-0.3, -0.25) is 9.59 Å². The Kier molecular flexibility index (Phi) is 5.43. The largest absolute Gasteiger partial charge is 0.465 e. The van der Waals surface area contributed by atoms with Gasteiger partial charge in [-0.15, -0.1) is 0 Å². The molecule has 0 radical (unpaired) electrons. The predicted octanol–water partition coefficient (Wildman–Crippen LogP) is 4.08. The van der Waals surface area contributed by atoms with Gasteiger partial charge in [0.2, 0.25) is 0 Å². The fourth-order valence-corrected chi connectivity index (χ4v) is 4.74. The van der Waals surface area contributed by atoms with Crippen LogP contribution >= 0.6 is 0 Å². The molecule has 5 atom stereocenters. The fraction of sp³-hybridized carbons (Fsp3) is 0.545. The fourth-order valence-electron chi connectivity index (χ4n) is 4.74. The summed E-state index contributed by atoms with van der Waals surface area (Å²) in [5, 5.41) is 0. The zero-order valence-electron chi connectivity index (χ0n) is 16.7. The second kappa shape index (κ2) is 7.47. The predicted molar refractivity (Wildman–Crippen MR) is 101 cm³/mol. The number of carbonyl (C=O) groups excluding carboxylic acids is 2. The molecule has 3 rings (SSSR count). The van der Waals surface area contributed by atoms with Crippen molar-refractivity contribution in [2.45, 2.75) is 40.7 Å². The van der Waals surface area contributed by atoms with Gasteiger partial charge in [-0.1, -0.05) is 43.7 Å². The highest BCUT2D eigenvalue weighted by atomic mass is 16.5. The van der Waals surface area contributed by atoms with Crippen molar-refractivity contribution in [1.29, 1.82) is 0 Å². The molecule has 2 bridgehead atoms. The molecule has 1 aromatic rings. The lowest BCUT2D eigenvalue weighted by Gasteiger charge is -2.55. The summed E-state index contributed by atoms with van der Waals surface area (Å²) in [5.74, 6) is 0.547. The number of allylic oxidation sites excluding steroid dienone is 1.